The van der Waals surface area contributed by atoms with Crippen molar-refractivity contribution in [2.75, 3.05) is 32.1 Å². The molecule has 2 aromatic carbocycles. The van der Waals surface area contributed by atoms with Gasteiger partial charge >= 0.3 is 0 Å². The summed E-state index contributed by atoms with van der Waals surface area (Å²) >= 11 is 0. The van der Waals surface area contributed by atoms with Crippen LogP contribution in [0.5, 0.6) is 5.75 Å². The molecular weight excluding hydrogens is 376 g/mol. The van der Waals surface area contributed by atoms with Gasteiger partial charge in [0.2, 0.25) is 15.9 Å². The van der Waals surface area contributed by atoms with E-state index in [0.717, 1.165) is 17.0 Å². The lowest BCUT2D eigenvalue weighted by molar-refractivity contribution is -0.118. The quantitative estimate of drug-likeness (QED) is 0.668. The molecule has 7 heteroatoms. The molecule has 0 aliphatic carbocycles. The third-order valence-electron chi connectivity index (χ3n) is 4.85. The van der Waals surface area contributed by atoms with E-state index in [-0.39, 0.29) is 10.8 Å². The van der Waals surface area contributed by atoms with Gasteiger partial charge in [-0.3, -0.25) is 4.79 Å². The van der Waals surface area contributed by atoms with Crippen molar-refractivity contribution in [3.8, 4) is 5.75 Å². The number of amides is 1. The zero-order valence-electron chi connectivity index (χ0n) is 16.5. The first-order valence-corrected chi connectivity index (χ1v) is 10.8. The number of rotatable bonds is 7. The maximum atomic E-state index is 12.6. The summed E-state index contributed by atoms with van der Waals surface area (Å²) in [7, 11) is -0.448. The average Bonchev–Trinajstić information content (AvgIpc) is 3.09. The Balaban J connectivity index is 1.57. The van der Waals surface area contributed by atoms with Crippen LogP contribution in [0.1, 0.15) is 24.0 Å². The largest absolute Gasteiger partial charge is 0.494 e. The lowest BCUT2D eigenvalue weighted by Gasteiger charge is -2.18. The summed E-state index contributed by atoms with van der Waals surface area (Å²) in [5, 5.41) is 0. The van der Waals surface area contributed by atoms with Crippen molar-refractivity contribution in [2.24, 2.45) is 0 Å². The van der Waals surface area contributed by atoms with E-state index in [1.807, 2.05) is 31.2 Å². The summed E-state index contributed by atoms with van der Waals surface area (Å²) in [5.41, 5.74) is 2.88. The number of ether oxygens (including phenoxy) is 1. The highest BCUT2D eigenvalue weighted by Gasteiger charge is 2.27. The second kappa shape index (κ2) is 8.32. The molecule has 1 amide bonds. The Labute approximate surface area is 166 Å². The highest BCUT2D eigenvalue weighted by Crippen LogP contribution is 2.31. The summed E-state index contributed by atoms with van der Waals surface area (Å²) in [6, 6.07) is 12.8. The van der Waals surface area contributed by atoms with Gasteiger partial charge in [-0.25, -0.2) is 12.7 Å². The minimum absolute atomic E-state index is 0.0365. The van der Waals surface area contributed by atoms with E-state index in [1.54, 1.807) is 23.1 Å². The van der Waals surface area contributed by atoms with E-state index in [1.165, 1.54) is 24.0 Å². The van der Waals surface area contributed by atoms with Crippen LogP contribution in [0.3, 0.4) is 0 Å². The molecular formula is C21H26N2O4S. The van der Waals surface area contributed by atoms with Gasteiger partial charge in [-0.2, -0.15) is 0 Å². The second-order valence-corrected chi connectivity index (χ2v) is 9.29. The summed E-state index contributed by atoms with van der Waals surface area (Å²) in [6.45, 7) is 3.09. The molecule has 0 saturated carbocycles. The minimum Gasteiger partial charge on any atom is -0.494 e. The van der Waals surface area contributed by atoms with Crippen LogP contribution in [-0.2, 0) is 21.2 Å². The van der Waals surface area contributed by atoms with Gasteiger partial charge in [-0.15, -0.1) is 0 Å². The van der Waals surface area contributed by atoms with E-state index < -0.39 is 10.0 Å². The zero-order chi connectivity index (χ0) is 20.3. The highest BCUT2D eigenvalue weighted by atomic mass is 32.2. The number of aryl methyl sites for hydroxylation is 1. The van der Waals surface area contributed by atoms with E-state index in [4.69, 9.17) is 4.74 Å². The van der Waals surface area contributed by atoms with Gasteiger partial charge in [0, 0.05) is 32.7 Å². The summed E-state index contributed by atoms with van der Waals surface area (Å²) < 4.78 is 31.4. The Morgan fingerprint density at radius 2 is 1.86 bits per heavy atom. The molecule has 0 unspecified atom stereocenters. The predicted molar refractivity (Wildman–Crippen MR) is 109 cm³/mol. The molecule has 0 saturated heterocycles. The number of carbonyl (C=O) groups is 1. The number of sulfonamides is 1. The van der Waals surface area contributed by atoms with Crippen LogP contribution in [0.25, 0.3) is 0 Å². The van der Waals surface area contributed by atoms with Gasteiger partial charge in [0.15, 0.2) is 0 Å². The molecule has 2 aromatic rings. The van der Waals surface area contributed by atoms with Crippen molar-refractivity contribution in [3.05, 3.63) is 53.6 Å². The topological polar surface area (TPSA) is 66.9 Å². The van der Waals surface area contributed by atoms with Crippen LogP contribution < -0.4 is 9.64 Å². The maximum absolute atomic E-state index is 12.6. The molecule has 1 aliphatic heterocycles. The Morgan fingerprint density at radius 3 is 2.54 bits per heavy atom. The maximum Gasteiger partial charge on any atom is 0.242 e. The third kappa shape index (κ3) is 4.36. The number of hydrogen-bond donors (Lipinski definition) is 0. The number of fused-ring (bicyclic) bond motifs is 1. The molecule has 0 spiro atoms. The number of benzene rings is 2. The van der Waals surface area contributed by atoms with Crippen molar-refractivity contribution in [1.82, 2.24) is 4.31 Å². The molecule has 28 heavy (non-hydrogen) atoms. The standard InChI is InChI=1S/C21H26N2O4S/c1-16-6-8-18(9-7-16)27-14-4-5-21(24)23-13-12-17-15-19(10-11-20(17)23)28(25,26)22(2)3/h6-11,15H,4-5,12-14H2,1-3H3. The molecule has 1 aliphatic rings. The Morgan fingerprint density at radius 1 is 1.14 bits per heavy atom. The SMILES string of the molecule is Cc1ccc(OCCCC(=O)N2CCc3cc(S(=O)(=O)N(C)C)ccc32)cc1. The highest BCUT2D eigenvalue weighted by molar-refractivity contribution is 7.89. The van der Waals surface area contributed by atoms with E-state index >= 15 is 0 Å². The van der Waals surface area contributed by atoms with Crippen molar-refractivity contribution in [2.45, 2.75) is 31.1 Å². The fourth-order valence-corrected chi connectivity index (χ4v) is 4.14. The van der Waals surface area contributed by atoms with Gasteiger partial charge in [-0.05, 0) is 55.7 Å². The van der Waals surface area contributed by atoms with E-state index in [0.29, 0.717) is 32.4 Å². The Bertz CT molecular complexity index is 953. The fourth-order valence-electron chi connectivity index (χ4n) is 3.19. The fraction of sp³-hybridized carbons (Fsp3) is 0.381. The minimum atomic E-state index is -3.47. The van der Waals surface area contributed by atoms with E-state index in [2.05, 4.69) is 0 Å². The number of carbonyl (C=O) groups excluding carboxylic acids is 1. The molecule has 0 aromatic heterocycles. The molecule has 3 rings (SSSR count). The monoisotopic (exact) mass is 402 g/mol. The second-order valence-electron chi connectivity index (χ2n) is 7.14. The van der Waals surface area contributed by atoms with Crippen molar-refractivity contribution in [3.63, 3.8) is 0 Å². The number of hydrogen-bond acceptors (Lipinski definition) is 4. The average molecular weight is 403 g/mol. The summed E-state index contributed by atoms with van der Waals surface area (Å²) in [4.78, 5) is 14.6. The van der Waals surface area contributed by atoms with Gasteiger partial charge in [-0.1, -0.05) is 17.7 Å². The Kier molecular flexibility index (Phi) is 6.05. The van der Waals surface area contributed by atoms with Crippen molar-refractivity contribution >= 4 is 21.6 Å². The first kappa shape index (κ1) is 20.4. The molecule has 1 heterocycles. The third-order valence-corrected chi connectivity index (χ3v) is 6.66. The number of nitrogens with zero attached hydrogens (tertiary/aromatic N) is 2. The van der Waals surface area contributed by atoms with Crippen LogP contribution in [0.4, 0.5) is 5.69 Å². The predicted octanol–water partition coefficient (Wildman–Crippen LogP) is 2.99. The van der Waals surface area contributed by atoms with E-state index in [9.17, 15) is 13.2 Å². The molecule has 0 atom stereocenters. The Hall–Kier alpha value is -2.38. The van der Waals surface area contributed by atoms with Gasteiger partial charge < -0.3 is 9.64 Å². The normalized spacial score (nSPS) is 13.6. The van der Waals surface area contributed by atoms with Crippen molar-refractivity contribution in [1.29, 1.82) is 0 Å². The molecule has 150 valence electrons. The molecule has 0 bridgehead atoms. The van der Waals surface area contributed by atoms with Gasteiger partial charge in [0.1, 0.15) is 5.75 Å². The molecule has 0 fully saturated rings. The summed E-state index contributed by atoms with van der Waals surface area (Å²) in [6.07, 6.45) is 1.69. The number of anilines is 1. The van der Waals surface area contributed by atoms with Crippen LogP contribution >= 0.6 is 0 Å². The van der Waals surface area contributed by atoms with Gasteiger partial charge in [0.25, 0.3) is 0 Å². The smallest absolute Gasteiger partial charge is 0.242 e. The molecule has 0 N–H and O–H groups in total. The van der Waals surface area contributed by atoms with Crippen LogP contribution in [0.2, 0.25) is 0 Å². The first-order chi connectivity index (χ1) is 13.3. The lowest BCUT2D eigenvalue weighted by Crippen LogP contribution is -2.29. The van der Waals surface area contributed by atoms with Gasteiger partial charge in [0.05, 0.1) is 11.5 Å². The molecule has 0 radical (unpaired) electrons. The van der Waals surface area contributed by atoms with Crippen LogP contribution in [0.15, 0.2) is 47.4 Å². The first-order valence-electron chi connectivity index (χ1n) is 9.34. The van der Waals surface area contributed by atoms with Crippen LogP contribution in [-0.4, -0.2) is 45.9 Å². The van der Waals surface area contributed by atoms with Crippen LogP contribution in [0, 0.1) is 6.92 Å². The summed E-state index contributed by atoms with van der Waals surface area (Å²) in [5.74, 6) is 0.841. The molecule has 6 nitrogen and oxygen atoms in total. The van der Waals surface area contributed by atoms with Crippen molar-refractivity contribution < 1.29 is 17.9 Å². The zero-order valence-corrected chi connectivity index (χ0v) is 17.3. The lowest BCUT2D eigenvalue weighted by atomic mass is 10.2.